The van der Waals surface area contributed by atoms with Gasteiger partial charge in [0, 0.05) is 9.90 Å². The second-order valence-corrected chi connectivity index (χ2v) is 9.41. The van der Waals surface area contributed by atoms with Crippen LogP contribution in [0.2, 0.25) is 5.02 Å². The third kappa shape index (κ3) is 4.42. The van der Waals surface area contributed by atoms with Crippen molar-refractivity contribution in [2.24, 2.45) is 0 Å². The van der Waals surface area contributed by atoms with Crippen molar-refractivity contribution in [3.05, 3.63) is 62.2 Å². The molecule has 3 rings (SSSR count). The normalized spacial score (nSPS) is 11.3. The Labute approximate surface area is 163 Å². The molecular weight excluding hydrogens is 414 g/mol. The maximum Gasteiger partial charge on any atom is 0.263 e. The van der Waals surface area contributed by atoms with Crippen molar-refractivity contribution >= 4 is 55.3 Å². The first-order chi connectivity index (χ1) is 12.3. The highest BCUT2D eigenvalue weighted by molar-refractivity contribution is 7.93. The van der Waals surface area contributed by atoms with Crippen LogP contribution in [0.25, 0.3) is 0 Å². The number of halogens is 1. The van der Waals surface area contributed by atoms with Gasteiger partial charge in [-0.3, -0.25) is 9.52 Å². The maximum atomic E-state index is 12.4. The van der Waals surface area contributed by atoms with Crippen LogP contribution in [0.1, 0.15) is 20.2 Å². The first-order valence-electron chi connectivity index (χ1n) is 7.41. The summed E-state index contributed by atoms with van der Waals surface area (Å²) < 4.78 is 27.2. The van der Waals surface area contributed by atoms with Crippen LogP contribution in [-0.4, -0.2) is 19.3 Å². The molecule has 2 heterocycles. The number of aryl methyl sites for hydroxylation is 1. The molecule has 0 fully saturated rings. The number of nitrogens with zero attached hydrogens (tertiary/aromatic N) is 1. The fourth-order valence-corrected chi connectivity index (χ4v) is 4.99. The van der Waals surface area contributed by atoms with Crippen LogP contribution in [0.3, 0.4) is 0 Å². The summed E-state index contributed by atoms with van der Waals surface area (Å²) in [4.78, 5) is 17.9. The molecular formula is C16H14ClN3O3S3. The highest BCUT2D eigenvalue weighted by Gasteiger charge is 2.20. The quantitative estimate of drug-likeness (QED) is 0.624. The van der Waals surface area contributed by atoms with Gasteiger partial charge in [-0.25, -0.2) is 13.4 Å². The van der Waals surface area contributed by atoms with E-state index in [-0.39, 0.29) is 15.9 Å². The van der Waals surface area contributed by atoms with Gasteiger partial charge in [-0.15, -0.1) is 11.3 Å². The Morgan fingerprint density at radius 2 is 1.96 bits per heavy atom. The Bertz CT molecular complexity index is 1010. The Hall–Kier alpha value is -1.94. The second-order valence-electron chi connectivity index (χ2n) is 5.26. The zero-order valence-corrected chi connectivity index (χ0v) is 16.7. The van der Waals surface area contributed by atoms with Gasteiger partial charge in [-0.05, 0) is 42.6 Å². The number of aromatic nitrogens is 1. The molecule has 2 aromatic heterocycles. The second kappa shape index (κ2) is 7.75. The van der Waals surface area contributed by atoms with Gasteiger partial charge >= 0.3 is 0 Å². The lowest BCUT2D eigenvalue weighted by atomic mass is 10.3. The molecule has 26 heavy (non-hydrogen) atoms. The van der Waals surface area contributed by atoms with Gasteiger partial charge < -0.3 is 5.32 Å². The third-order valence-corrected chi connectivity index (χ3v) is 7.04. The predicted octanol–water partition coefficient (Wildman–Crippen LogP) is 3.90. The number of nitrogens with one attached hydrogen (secondary N) is 2. The summed E-state index contributed by atoms with van der Waals surface area (Å²) in [6.07, 6.45) is 0. The van der Waals surface area contributed by atoms with Crippen LogP contribution in [-0.2, 0) is 16.6 Å². The van der Waals surface area contributed by atoms with Gasteiger partial charge in [-0.2, -0.15) is 0 Å². The molecule has 0 radical (unpaired) electrons. The number of anilines is 1. The number of hydrogen-bond acceptors (Lipinski definition) is 6. The van der Waals surface area contributed by atoms with E-state index in [1.54, 1.807) is 18.3 Å². The molecule has 0 aliphatic carbocycles. The van der Waals surface area contributed by atoms with Gasteiger partial charge in [0.25, 0.3) is 15.9 Å². The maximum absolute atomic E-state index is 12.4. The van der Waals surface area contributed by atoms with Gasteiger partial charge in [0.15, 0.2) is 5.13 Å². The summed E-state index contributed by atoms with van der Waals surface area (Å²) in [7, 11) is -3.80. The van der Waals surface area contributed by atoms with Gasteiger partial charge in [0.2, 0.25) is 0 Å². The average molecular weight is 428 g/mol. The molecule has 0 aliphatic heterocycles. The van der Waals surface area contributed by atoms with E-state index in [9.17, 15) is 13.2 Å². The summed E-state index contributed by atoms with van der Waals surface area (Å²) >= 11 is 8.32. The Balaban J connectivity index is 1.73. The number of sulfonamides is 1. The summed E-state index contributed by atoms with van der Waals surface area (Å²) in [6, 6.07) is 9.63. The van der Waals surface area contributed by atoms with Crippen LogP contribution in [0.5, 0.6) is 0 Å². The van der Waals surface area contributed by atoms with E-state index in [4.69, 9.17) is 11.6 Å². The monoisotopic (exact) mass is 427 g/mol. The Kier molecular flexibility index (Phi) is 5.61. The van der Waals surface area contributed by atoms with E-state index >= 15 is 0 Å². The van der Waals surface area contributed by atoms with Gasteiger partial charge in [0.05, 0.1) is 17.1 Å². The molecule has 2 N–H and O–H groups in total. The van der Waals surface area contributed by atoms with Crippen molar-refractivity contribution in [1.29, 1.82) is 0 Å². The number of carbonyl (C=O) groups excluding carboxylic acids is 1. The van der Waals surface area contributed by atoms with E-state index in [0.29, 0.717) is 22.1 Å². The third-order valence-electron chi connectivity index (χ3n) is 3.35. The van der Waals surface area contributed by atoms with Crippen molar-refractivity contribution in [2.75, 3.05) is 4.72 Å². The van der Waals surface area contributed by atoms with Gasteiger partial charge in [-0.1, -0.05) is 29.0 Å². The smallest absolute Gasteiger partial charge is 0.263 e. The highest BCUT2D eigenvalue weighted by atomic mass is 35.5. The summed E-state index contributed by atoms with van der Waals surface area (Å²) in [5.74, 6) is -0.287. The minimum atomic E-state index is -3.80. The lowest BCUT2D eigenvalue weighted by Crippen LogP contribution is -2.22. The van der Waals surface area contributed by atoms with Crippen molar-refractivity contribution in [2.45, 2.75) is 18.4 Å². The van der Waals surface area contributed by atoms with Crippen LogP contribution in [0, 0.1) is 6.92 Å². The van der Waals surface area contributed by atoms with Crippen molar-refractivity contribution in [3.63, 3.8) is 0 Å². The minimum absolute atomic E-state index is 0.0680. The number of thiophene rings is 1. The molecule has 10 heteroatoms. The lowest BCUT2D eigenvalue weighted by molar-refractivity contribution is 0.0954. The average Bonchev–Trinajstić information content (AvgIpc) is 3.22. The molecule has 3 aromatic rings. The fraction of sp³-hybridized carbons (Fsp3) is 0.125. The number of rotatable bonds is 6. The first-order valence-corrected chi connectivity index (χ1v) is 11.0. The molecule has 0 saturated carbocycles. The summed E-state index contributed by atoms with van der Waals surface area (Å²) in [5, 5.41) is 5.32. The van der Waals surface area contributed by atoms with E-state index in [1.165, 1.54) is 24.3 Å². The highest BCUT2D eigenvalue weighted by Crippen LogP contribution is 2.25. The van der Waals surface area contributed by atoms with E-state index < -0.39 is 10.0 Å². The number of amides is 1. The predicted molar refractivity (Wildman–Crippen MR) is 105 cm³/mol. The Morgan fingerprint density at radius 3 is 2.62 bits per heavy atom. The zero-order valence-electron chi connectivity index (χ0n) is 13.5. The molecule has 0 bridgehead atoms. The van der Waals surface area contributed by atoms with Crippen LogP contribution < -0.4 is 10.0 Å². The molecule has 0 aliphatic rings. The molecule has 136 valence electrons. The molecule has 0 spiro atoms. The fourth-order valence-electron chi connectivity index (χ4n) is 2.10. The molecule has 0 atom stereocenters. The molecule has 1 aromatic carbocycles. The van der Waals surface area contributed by atoms with E-state index in [0.717, 1.165) is 16.2 Å². The summed E-state index contributed by atoms with van der Waals surface area (Å²) in [6.45, 7) is 2.08. The lowest BCUT2D eigenvalue weighted by Gasteiger charge is -2.04. The topological polar surface area (TPSA) is 88.2 Å². The number of thiazole rings is 1. The number of carbonyl (C=O) groups is 1. The SMILES string of the molecule is Cc1nc(NS(=O)(=O)c2ccc(Cl)cc2)sc1C(=O)NCc1cccs1. The zero-order chi connectivity index (χ0) is 18.7. The van der Waals surface area contributed by atoms with Crippen LogP contribution in [0.4, 0.5) is 5.13 Å². The van der Waals surface area contributed by atoms with Crippen molar-refractivity contribution in [1.82, 2.24) is 10.3 Å². The molecule has 1 amide bonds. The molecule has 6 nitrogen and oxygen atoms in total. The number of hydrogen-bond donors (Lipinski definition) is 2. The van der Waals surface area contributed by atoms with Crippen molar-refractivity contribution in [3.8, 4) is 0 Å². The Morgan fingerprint density at radius 1 is 1.23 bits per heavy atom. The van der Waals surface area contributed by atoms with Crippen LogP contribution in [0.15, 0.2) is 46.7 Å². The van der Waals surface area contributed by atoms with E-state index in [2.05, 4.69) is 15.0 Å². The van der Waals surface area contributed by atoms with Gasteiger partial charge in [0.1, 0.15) is 4.88 Å². The summed E-state index contributed by atoms with van der Waals surface area (Å²) in [5.41, 5.74) is 0.465. The molecule has 0 saturated heterocycles. The first kappa shape index (κ1) is 18.8. The van der Waals surface area contributed by atoms with Crippen molar-refractivity contribution < 1.29 is 13.2 Å². The largest absolute Gasteiger partial charge is 0.346 e. The van der Waals surface area contributed by atoms with Crippen LogP contribution >= 0.6 is 34.3 Å². The number of benzene rings is 1. The minimum Gasteiger partial charge on any atom is -0.346 e. The molecule has 0 unspecified atom stereocenters. The standard InChI is InChI=1S/C16H14ClN3O3S3/c1-10-14(15(21)18-9-12-3-2-8-24-12)25-16(19-10)20-26(22,23)13-6-4-11(17)5-7-13/h2-8H,9H2,1H3,(H,18,21)(H,19,20). The van der Waals surface area contributed by atoms with E-state index in [1.807, 2.05) is 17.5 Å².